The van der Waals surface area contributed by atoms with E-state index in [9.17, 15) is 9.18 Å². The Hall–Kier alpha value is -1.20. The van der Waals surface area contributed by atoms with Crippen molar-refractivity contribution < 1.29 is 14.3 Å². The van der Waals surface area contributed by atoms with Gasteiger partial charge in [0.05, 0.1) is 5.02 Å². The molecule has 1 aromatic heterocycles. The number of aromatic nitrogens is 1. The van der Waals surface area contributed by atoms with Crippen LogP contribution in [-0.2, 0) is 10.2 Å². The van der Waals surface area contributed by atoms with Crippen LogP contribution in [0.15, 0.2) is 12.3 Å². The average Bonchev–Trinajstić information content (AvgIpc) is 3.01. The maximum absolute atomic E-state index is 13.5. The van der Waals surface area contributed by atoms with Gasteiger partial charge in [0.1, 0.15) is 6.04 Å². The van der Waals surface area contributed by atoms with Crippen LogP contribution in [0.1, 0.15) is 18.4 Å². The summed E-state index contributed by atoms with van der Waals surface area (Å²) in [5, 5.41) is 9.16. The van der Waals surface area contributed by atoms with Gasteiger partial charge in [0, 0.05) is 17.2 Å². The van der Waals surface area contributed by atoms with Crippen LogP contribution in [0, 0.1) is 5.95 Å². The topological polar surface area (TPSA) is 76.2 Å². The highest BCUT2D eigenvalue weighted by Crippen LogP contribution is 2.51. The van der Waals surface area contributed by atoms with E-state index < -0.39 is 23.4 Å². The molecule has 0 aromatic carbocycles. The zero-order valence-electron chi connectivity index (χ0n) is 8.28. The molecule has 86 valence electrons. The SMILES string of the molecule is NC(C(=O)O)C1(c2cc(Cl)cnc2F)CC1. The van der Waals surface area contributed by atoms with Crippen molar-refractivity contribution in [1.82, 2.24) is 4.98 Å². The lowest BCUT2D eigenvalue weighted by atomic mass is 9.89. The van der Waals surface area contributed by atoms with Gasteiger partial charge in [-0.3, -0.25) is 4.79 Å². The van der Waals surface area contributed by atoms with E-state index in [0.717, 1.165) is 0 Å². The van der Waals surface area contributed by atoms with Gasteiger partial charge >= 0.3 is 5.97 Å². The smallest absolute Gasteiger partial charge is 0.321 e. The van der Waals surface area contributed by atoms with E-state index in [1.54, 1.807) is 0 Å². The largest absolute Gasteiger partial charge is 0.480 e. The third-order valence-electron chi connectivity index (χ3n) is 2.99. The zero-order valence-corrected chi connectivity index (χ0v) is 9.04. The number of hydrogen-bond donors (Lipinski definition) is 2. The van der Waals surface area contributed by atoms with Crippen molar-refractivity contribution in [2.45, 2.75) is 24.3 Å². The highest BCUT2D eigenvalue weighted by atomic mass is 35.5. The molecule has 0 amide bonds. The quantitative estimate of drug-likeness (QED) is 0.787. The van der Waals surface area contributed by atoms with Crippen molar-refractivity contribution in [2.24, 2.45) is 5.73 Å². The number of carbonyl (C=O) groups is 1. The van der Waals surface area contributed by atoms with Crippen molar-refractivity contribution in [3.63, 3.8) is 0 Å². The fourth-order valence-corrected chi connectivity index (χ4v) is 2.05. The average molecular weight is 245 g/mol. The number of hydrogen-bond acceptors (Lipinski definition) is 3. The molecule has 3 N–H and O–H groups in total. The lowest BCUT2D eigenvalue weighted by molar-refractivity contribution is -0.139. The van der Waals surface area contributed by atoms with Crippen molar-refractivity contribution >= 4 is 17.6 Å². The predicted molar refractivity (Wildman–Crippen MR) is 55.7 cm³/mol. The first-order chi connectivity index (χ1) is 7.47. The van der Waals surface area contributed by atoms with E-state index >= 15 is 0 Å². The number of rotatable bonds is 3. The third-order valence-corrected chi connectivity index (χ3v) is 3.20. The zero-order chi connectivity index (χ0) is 11.9. The second-order valence-electron chi connectivity index (χ2n) is 3.96. The third kappa shape index (κ3) is 1.66. The maximum Gasteiger partial charge on any atom is 0.321 e. The van der Waals surface area contributed by atoms with Crippen LogP contribution in [0.4, 0.5) is 4.39 Å². The molecule has 4 nitrogen and oxygen atoms in total. The minimum Gasteiger partial charge on any atom is -0.480 e. The van der Waals surface area contributed by atoms with Crippen LogP contribution in [-0.4, -0.2) is 22.1 Å². The fraction of sp³-hybridized carbons (Fsp3) is 0.400. The Balaban J connectivity index is 2.44. The highest BCUT2D eigenvalue weighted by molar-refractivity contribution is 6.30. The number of pyridine rings is 1. The van der Waals surface area contributed by atoms with Crippen molar-refractivity contribution in [3.05, 3.63) is 28.8 Å². The molecule has 0 radical (unpaired) electrons. The Morgan fingerprint density at radius 2 is 2.31 bits per heavy atom. The molecule has 16 heavy (non-hydrogen) atoms. The van der Waals surface area contributed by atoms with Gasteiger partial charge in [0.2, 0.25) is 5.95 Å². The number of carboxylic acids is 1. The van der Waals surface area contributed by atoms with Gasteiger partial charge in [-0.1, -0.05) is 11.6 Å². The monoisotopic (exact) mass is 244 g/mol. The van der Waals surface area contributed by atoms with Crippen molar-refractivity contribution in [3.8, 4) is 0 Å². The molecule has 1 unspecified atom stereocenters. The lowest BCUT2D eigenvalue weighted by Crippen LogP contribution is -2.42. The molecule has 2 rings (SSSR count). The summed E-state index contributed by atoms with van der Waals surface area (Å²) in [4.78, 5) is 14.3. The van der Waals surface area contributed by atoms with Gasteiger partial charge in [0.25, 0.3) is 0 Å². The molecule has 0 bridgehead atoms. The number of aliphatic carboxylic acids is 1. The Morgan fingerprint density at radius 3 is 2.81 bits per heavy atom. The fourth-order valence-electron chi connectivity index (χ4n) is 1.89. The van der Waals surface area contributed by atoms with E-state index in [2.05, 4.69) is 4.98 Å². The Kier molecular flexibility index (Phi) is 2.59. The first kappa shape index (κ1) is 11.3. The van der Waals surface area contributed by atoms with Gasteiger partial charge in [-0.2, -0.15) is 4.39 Å². The van der Waals surface area contributed by atoms with Crippen LogP contribution in [0.5, 0.6) is 0 Å². The van der Waals surface area contributed by atoms with E-state index in [1.165, 1.54) is 12.3 Å². The molecular formula is C10H10ClFN2O2. The van der Waals surface area contributed by atoms with Gasteiger partial charge in [0.15, 0.2) is 0 Å². The molecule has 1 aliphatic carbocycles. The summed E-state index contributed by atoms with van der Waals surface area (Å²) < 4.78 is 13.5. The lowest BCUT2D eigenvalue weighted by Gasteiger charge is -2.20. The minimum absolute atomic E-state index is 0.204. The number of halogens is 2. The molecule has 1 atom stereocenters. The summed E-state index contributed by atoms with van der Waals surface area (Å²) >= 11 is 5.72. The molecule has 6 heteroatoms. The van der Waals surface area contributed by atoms with Crippen LogP contribution < -0.4 is 5.73 Å². The van der Waals surface area contributed by atoms with E-state index in [-0.39, 0.29) is 10.6 Å². The maximum atomic E-state index is 13.5. The van der Waals surface area contributed by atoms with E-state index in [1.807, 2.05) is 0 Å². The first-order valence-electron chi connectivity index (χ1n) is 4.77. The molecular weight excluding hydrogens is 235 g/mol. The number of nitrogens with zero attached hydrogens (tertiary/aromatic N) is 1. The molecule has 1 saturated carbocycles. The summed E-state index contributed by atoms with van der Waals surface area (Å²) in [7, 11) is 0. The van der Waals surface area contributed by atoms with E-state index in [4.69, 9.17) is 22.4 Å². The number of carboxylic acid groups (broad SMARTS) is 1. The summed E-state index contributed by atoms with van der Waals surface area (Å²) in [6.07, 6.45) is 2.27. The summed E-state index contributed by atoms with van der Waals surface area (Å²) in [6, 6.07) is 0.280. The Bertz CT molecular complexity index is 448. The minimum atomic E-state index is -1.14. The van der Waals surface area contributed by atoms with Gasteiger partial charge in [-0.25, -0.2) is 4.98 Å². The molecule has 1 fully saturated rings. The molecule has 0 aliphatic heterocycles. The Labute approximate surface area is 96.2 Å². The van der Waals surface area contributed by atoms with Crippen LogP contribution in [0.25, 0.3) is 0 Å². The standard InChI is InChI=1S/C10H10ClFN2O2/c11-5-3-6(8(12)14-4-5)10(1-2-10)7(13)9(15)16/h3-4,7H,1-2,13H2,(H,15,16). The predicted octanol–water partition coefficient (Wildman–Crippen LogP) is 1.32. The molecule has 1 heterocycles. The molecule has 1 aliphatic rings. The summed E-state index contributed by atoms with van der Waals surface area (Å²) in [5.74, 6) is -1.84. The van der Waals surface area contributed by atoms with Gasteiger partial charge in [-0.05, 0) is 18.9 Å². The normalized spacial score (nSPS) is 19.2. The van der Waals surface area contributed by atoms with Gasteiger partial charge < -0.3 is 10.8 Å². The van der Waals surface area contributed by atoms with E-state index in [0.29, 0.717) is 12.8 Å². The second kappa shape index (κ2) is 3.68. The van der Waals surface area contributed by atoms with Crippen LogP contribution in [0.2, 0.25) is 5.02 Å². The molecule has 1 aromatic rings. The van der Waals surface area contributed by atoms with Crippen LogP contribution >= 0.6 is 11.6 Å². The van der Waals surface area contributed by atoms with Crippen LogP contribution in [0.3, 0.4) is 0 Å². The second-order valence-corrected chi connectivity index (χ2v) is 4.40. The highest BCUT2D eigenvalue weighted by Gasteiger charge is 2.54. The first-order valence-corrected chi connectivity index (χ1v) is 5.15. The summed E-state index contributed by atoms with van der Waals surface area (Å²) in [5.41, 5.74) is 4.93. The van der Waals surface area contributed by atoms with Gasteiger partial charge in [-0.15, -0.1) is 0 Å². The number of nitrogens with two attached hydrogens (primary N) is 1. The molecule has 0 spiro atoms. The van der Waals surface area contributed by atoms with Crippen molar-refractivity contribution in [1.29, 1.82) is 0 Å². The summed E-state index contributed by atoms with van der Waals surface area (Å²) in [6.45, 7) is 0. The van der Waals surface area contributed by atoms with Crippen molar-refractivity contribution in [2.75, 3.05) is 0 Å². The Morgan fingerprint density at radius 1 is 1.69 bits per heavy atom. The molecule has 0 saturated heterocycles.